The molecule has 37 heavy (non-hydrogen) atoms. The first kappa shape index (κ1) is 26.8. The Hall–Kier alpha value is -3.25. The second-order valence-corrected chi connectivity index (χ2v) is 10.2. The highest BCUT2D eigenvalue weighted by atomic mass is 16.5. The van der Waals surface area contributed by atoms with Crippen molar-refractivity contribution in [2.24, 2.45) is 0 Å². The van der Waals surface area contributed by atoms with E-state index in [1.165, 1.54) is 11.1 Å². The molecule has 0 atom stereocenters. The number of ether oxygens (including phenoxy) is 1. The largest absolute Gasteiger partial charge is 0.491 e. The van der Waals surface area contributed by atoms with Crippen LogP contribution < -0.4 is 4.74 Å². The number of hydrogen-bond acceptors (Lipinski definition) is 5. The molecule has 3 aromatic rings. The summed E-state index contributed by atoms with van der Waals surface area (Å²) >= 11 is 0. The Bertz CT molecular complexity index is 1230. The smallest absolute Gasteiger partial charge is 0.189 e. The number of aryl methyl sites for hydroxylation is 1. The molecule has 1 saturated heterocycles. The number of rotatable bonds is 10. The molecule has 1 aliphatic rings. The van der Waals surface area contributed by atoms with Crippen LogP contribution in [-0.2, 0) is 6.54 Å². The second kappa shape index (κ2) is 12.8. The van der Waals surface area contributed by atoms with E-state index in [2.05, 4.69) is 59.0 Å². The number of likely N-dealkylation sites (N-methyl/N-ethyl adjacent to an activating group) is 2. The molecule has 0 amide bonds. The number of nitrogens with zero attached hydrogens (tertiary/aromatic N) is 3. The first-order valence-corrected chi connectivity index (χ1v) is 13.1. The van der Waals surface area contributed by atoms with Crippen molar-refractivity contribution in [3.8, 4) is 16.9 Å². The summed E-state index contributed by atoms with van der Waals surface area (Å²) in [5.41, 5.74) is 6.23. The molecule has 0 radical (unpaired) electrons. The molecule has 1 fully saturated rings. The lowest BCUT2D eigenvalue weighted by Gasteiger charge is -2.32. The van der Waals surface area contributed by atoms with Gasteiger partial charge in [-0.1, -0.05) is 60.7 Å². The summed E-state index contributed by atoms with van der Waals surface area (Å²) in [4.78, 5) is 20.5. The molecule has 194 valence electrons. The van der Waals surface area contributed by atoms with Gasteiger partial charge in [-0.3, -0.25) is 9.69 Å². The highest BCUT2D eigenvalue weighted by Crippen LogP contribution is 2.30. The van der Waals surface area contributed by atoms with Gasteiger partial charge in [-0.15, -0.1) is 0 Å². The van der Waals surface area contributed by atoms with Crippen molar-refractivity contribution in [2.75, 3.05) is 60.5 Å². The highest BCUT2D eigenvalue weighted by Gasteiger charge is 2.16. The van der Waals surface area contributed by atoms with Gasteiger partial charge in [-0.25, -0.2) is 0 Å². The predicted molar refractivity (Wildman–Crippen MR) is 153 cm³/mol. The maximum Gasteiger partial charge on any atom is 0.189 e. The van der Waals surface area contributed by atoms with E-state index >= 15 is 0 Å². The van der Waals surface area contributed by atoms with Gasteiger partial charge in [0, 0.05) is 39.3 Å². The summed E-state index contributed by atoms with van der Waals surface area (Å²) in [6, 6.07) is 22.6. The summed E-state index contributed by atoms with van der Waals surface area (Å²) < 4.78 is 6.07. The normalized spacial score (nSPS) is 14.9. The number of ketones is 1. The van der Waals surface area contributed by atoms with Crippen molar-refractivity contribution >= 4 is 11.9 Å². The third-order valence-electron chi connectivity index (χ3n) is 6.96. The summed E-state index contributed by atoms with van der Waals surface area (Å²) in [6.45, 7) is 8.59. The first-order chi connectivity index (χ1) is 17.9. The van der Waals surface area contributed by atoms with Crippen LogP contribution >= 0.6 is 0 Å². The van der Waals surface area contributed by atoms with Gasteiger partial charge in [0.05, 0.1) is 5.56 Å². The van der Waals surface area contributed by atoms with Gasteiger partial charge in [0.2, 0.25) is 0 Å². The minimum absolute atomic E-state index is 0.0512. The monoisotopic (exact) mass is 497 g/mol. The van der Waals surface area contributed by atoms with E-state index in [0.29, 0.717) is 17.9 Å². The van der Waals surface area contributed by atoms with E-state index in [9.17, 15) is 4.79 Å². The van der Waals surface area contributed by atoms with Crippen LogP contribution in [0.1, 0.15) is 27.0 Å². The maximum atomic E-state index is 13.5. The molecule has 3 aromatic carbocycles. The Morgan fingerprint density at radius 2 is 1.70 bits per heavy atom. The van der Waals surface area contributed by atoms with Crippen molar-refractivity contribution in [1.29, 1.82) is 0 Å². The van der Waals surface area contributed by atoms with Crippen molar-refractivity contribution in [3.05, 3.63) is 95.1 Å². The van der Waals surface area contributed by atoms with Gasteiger partial charge in [0.25, 0.3) is 0 Å². The van der Waals surface area contributed by atoms with Crippen molar-refractivity contribution in [2.45, 2.75) is 13.5 Å². The standard InChI is InChI=1S/C32H39N3O2/c1-25-9-5-8-12-29(25)27-14-16-32(37-22-21-33(2)3)30(23-27)31(36)15-13-26-10-6-7-11-28(26)24-35-19-17-34(4)18-20-35/h5-16,23H,17-22,24H2,1-4H3. The minimum Gasteiger partial charge on any atom is -0.491 e. The Morgan fingerprint density at radius 3 is 2.46 bits per heavy atom. The molecule has 4 rings (SSSR count). The van der Waals surface area contributed by atoms with Gasteiger partial charge in [-0.05, 0) is 74.1 Å². The van der Waals surface area contributed by atoms with Gasteiger partial charge in [0.15, 0.2) is 5.78 Å². The van der Waals surface area contributed by atoms with Crippen LogP contribution in [0.5, 0.6) is 5.75 Å². The van der Waals surface area contributed by atoms with Crippen LogP contribution in [0.3, 0.4) is 0 Å². The lowest BCUT2D eigenvalue weighted by molar-refractivity contribution is 0.104. The number of carbonyl (C=O) groups excluding carboxylic acids is 1. The Balaban J connectivity index is 1.58. The van der Waals surface area contributed by atoms with E-state index < -0.39 is 0 Å². The third kappa shape index (κ3) is 7.39. The lowest BCUT2D eigenvalue weighted by atomic mass is 9.96. The minimum atomic E-state index is -0.0512. The zero-order valence-electron chi connectivity index (χ0n) is 22.6. The average molecular weight is 498 g/mol. The van der Waals surface area contributed by atoms with Crippen LogP contribution in [0, 0.1) is 6.92 Å². The van der Waals surface area contributed by atoms with Gasteiger partial charge >= 0.3 is 0 Å². The Labute approximate surface area is 222 Å². The number of piperazine rings is 1. The van der Waals surface area contributed by atoms with E-state index in [0.717, 1.165) is 56.0 Å². The molecule has 0 unspecified atom stereocenters. The van der Waals surface area contributed by atoms with Crippen LogP contribution in [0.2, 0.25) is 0 Å². The third-order valence-corrected chi connectivity index (χ3v) is 6.96. The maximum absolute atomic E-state index is 13.5. The molecular formula is C32H39N3O2. The van der Waals surface area contributed by atoms with Gasteiger partial charge in [-0.2, -0.15) is 0 Å². The molecular weight excluding hydrogens is 458 g/mol. The molecule has 1 aliphatic heterocycles. The molecule has 0 bridgehead atoms. The fourth-order valence-corrected chi connectivity index (χ4v) is 4.59. The second-order valence-electron chi connectivity index (χ2n) is 10.2. The average Bonchev–Trinajstić information content (AvgIpc) is 2.89. The van der Waals surface area contributed by atoms with E-state index in [1.807, 2.05) is 56.6 Å². The van der Waals surface area contributed by atoms with Crippen LogP contribution in [0.15, 0.2) is 72.8 Å². The fourth-order valence-electron chi connectivity index (χ4n) is 4.59. The molecule has 0 N–H and O–H groups in total. The first-order valence-electron chi connectivity index (χ1n) is 13.1. The molecule has 0 saturated carbocycles. The number of allylic oxidation sites excluding steroid dienone is 1. The molecule has 0 aliphatic carbocycles. The van der Waals surface area contributed by atoms with Gasteiger partial charge in [0.1, 0.15) is 12.4 Å². The summed E-state index contributed by atoms with van der Waals surface area (Å²) in [5, 5.41) is 0. The zero-order chi connectivity index (χ0) is 26.2. The van der Waals surface area contributed by atoms with Crippen molar-refractivity contribution < 1.29 is 9.53 Å². The van der Waals surface area contributed by atoms with Crippen molar-refractivity contribution in [1.82, 2.24) is 14.7 Å². The van der Waals surface area contributed by atoms with Crippen LogP contribution in [-0.4, -0.2) is 81.0 Å². The van der Waals surface area contributed by atoms with Crippen molar-refractivity contribution in [3.63, 3.8) is 0 Å². The fraction of sp³-hybridized carbons (Fsp3) is 0.344. The molecule has 0 spiro atoms. The molecule has 1 heterocycles. The van der Waals surface area contributed by atoms with E-state index in [4.69, 9.17) is 4.74 Å². The number of hydrogen-bond donors (Lipinski definition) is 0. The molecule has 5 nitrogen and oxygen atoms in total. The van der Waals surface area contributed by atoms with Gasteiger partial charge < -0.3 is 14.5 Å². The number of benzene rings is 3. The highest BCUT2D eigenvalue weighted by molar-refractivity contribution is 6.09. The topological polar surface area (TPSA) is 36.0 Å². The Morgan fingerprint density at radius 1 is 0.973 bits per heavy atom. The zero-order valence-corrected chi connectivity index (χ0v) is 22.6. The Kier molecular flexibility index (Phi) is 9.29. The SMILES string of the molecule is Cc1ccccc1-c1ccc(OCCN(C)C)c(C(=O)C=Cc2ccccc2CN2CCN(C)CC2)c1. The molecule has 5 heteroatoms. The summed E-state index contributed by atoms with van der Waals surface area (Å²) in [5.74, 6) is 0.573. The quantitative estimate of drug-likeness (QED) is 0.283. The number of carbonyl (C=O) groups is 1. The van der Waals surface area contributed by atoms with Crippen LogP contribution in [0.4, 0.5) is 0 Å². The molecule has 0 aromatic heterocycles. The lowest BCUT2D eigenvalue weighted by Crippen LogP contribution is -2.43. The summed E-state index contributed by atoms with van der Waals surface area (Å²) in [7, 11) is 6.20. The predicted octanol–water partition coefficient (Wildman–Crippen LogP) is 5.25. The van der Waals surface area contributed by atoms with E-state index in [-0.39, 0.29) is 5.78 Å². The van der Waals surface area contributed by atoms with E-state index in [1.54, 1.807) is 6.08 Å². The van der Waals surface area contributed by atoms with Crippen LogP contribution in [0.25, 0.3) is 17.2 Å². The summed E-state index contributed by atoms with van der Waals surface area (Å²) in [6.07, 6.45) is 3.65.